The number of hydrogen-bond acceptors (Lipinski definition) is 5. The van der Waals surface area contributed by atoms with E-state index in [9.17, 15) is 0 Å². The first-order valence-electron chi connectivity index (χ1n) is 4.66. The summed E-state index contributed by atoms with van der Waals surface area (Å²) in [6.45, 7) is 0. The molecule has 0 radical (unpaired) electrons. The molecule has 0 unspecified atom stereocenters. The van der Waals surface area contributed by atoms with Crippen LogP contribution in [0, 0.1) is 0 Å². The van der Waals surface area contributed by atoms with Crippen LogP contribution in [-0.4, -0.2) is 21.9 Å². The lowest BCUT2D eigenvalue weighted by Gasteiger charge is -2.04. The van der Waals surface area contributed by atoms with Gasteiger partial charge in [-0.1, -0.05) is 11.8 Å². The summed E-state index contributed by atoms with van der Waals surface area (Å²) in [4.78, 5) is 5.30. The molecule has 6 heteroatoms. The number of methoxy groups -OCH3 is 1. The van der Waals surface area contributed by atoms with E-state index in [4.69, 9.17) is 10.5 Å². The predicted molar refractivity (Wildman–Crippen MR) is 62.5 cm³/mol. The van der Waals surface area contributed by atoms with Gasteiger partial charge in [-0.25, -0.2) is 4.98 Å². The number of hydrogen-bond donors (Lipinski definition) is 1. The van der Waals surface area contributed by atoms with Crippen molar-refractivity contribution in [3.8, 4) is 5.88 Å². The van der Waals surface area contributed by atoms with Crippen LogP contribution in [-0.2, 0) is 7.05 Å². The Labute approximate surface area is 97.6 Å². The summed E-state index contributed by atoms with van der Waals surface area (Å²) in [5.41, 5.74) is 6.22. The second-order valence-corrected chi connectivity index (χ2v) is 4.29. The van der Waals surface area contributed by atoms with Crippen LogP contribution < -0.4 is 10.5 Å². The summed E-state index contributed by atoms with van der Waals surface area (Å²) in [5.74, 6) is 0.453. The van der Waals surface area contributed by atoms with Crippen LogP contribution >= 0.6 is 11.8 Å². The molecule has 0 bridgehead atoms. The molecule has 0 atom stereocenters. The molecule has 84 valence electrons. The SMILES string of the molecule is COc1nc(Sc2cnn(C)c2)ccc1N. The van der Waals surface area contributed by atoms with Gasteiger partial charge in [-0.3, -0.25) is 4.68 Å². The summed E-state index contributed by atoms with van der Waals surface area (Å²) in [6.07, 6.45) is 3.71. The molecule has 16 heavy (non-hydrogen) atoms. The predicted octanol–water partition coefficient (Wildman–Crippen LogP) is 1.56. The van der Waals surface area contributed by atoms with Gasteiger partial charge in [0, 0.05) is 13.2 Å². The first kappa shape index (κ1) is 10.8. The number of ether oxygens (including phenoxy) is 1. The number of anilines is 1. The Bertz CT molecular complexity index is 497. The number of aryl methyl sites for hydroxylation is 1. The van der Waals surface area contributed by atoms with E-state index in [1.165, 1.54) is 11.8 Å². The number of nitrogens with zero attached hydrogens (tertiary/aromatic N) is 3. The minimum absolute atomic E-state index is 0.453. The molecule has 2 aromatic heterocycles. The van der Waals surface area contributed by atoms with Crippen molar-refractivity contribution in [2.75, 3.05) is 12.8 Å². The quantitative estimate of drug-likeness (QED) is 0.876. The van der Waals surface area contributed by atoms with Gasteiger partial charge >= 0.3 is 0 Å². The van der Waals surface area contributed by atoms with Gasteiger partial charge in [-0.05, 0) is 12.1 Å². The summed E-state index contributed by atoms with van der Waals surface area (Å²) < 4.78 is 6.81. The second kappa shape index (κ2) is 4.44. The molecular formula is C10H12N4OS. The molecule has 0 aliphatic heterocycles. The number of aromatic nitrogens is 3. The fourth-order valence-corrected chi connectivity index (χ4v) is 2.04. The Morgan fingerprint density at radius 2 is 2.25 bits per heavy atom. The molecule has 0 aliphatic carbocycles. The van der Waals surface area contributed by atoms with Gasteiger partial charge in [-0.2, -0.15) is 5.10 Å². The maximum atomic E-state index is 5.68. The van der Waals surface area contributed by atoms with E-state index in [0.717, 1.165) is 9.92 Å². The van der Waals surface area contributed by atoms with Crippen LogP contribution in [0.1, 0.15) is 0 Å². The van der Waals surface area contributed by atoms with Crippen LogP contribution in [0.4, 0.5) is 5.69 Å². The first-order valence-corrected chi connectivity index (χ1v) is 5.47. The Balaban J connectivity index is 2.21. The highest BCUT2D eigenvalue weighted by Gasteiger charge is 2.05. The number of nitrogen functional groups attached to an aromatic ring is 1. The van der Waals surface area contributed by atoms with Crippen molar-refractivity contribution in [1.82, 2.24) is 14.8 Å². The van der Waals surface area contributed by atoms with Crippen molar-refractivity contribution in [3.05, 3.63) is 24.5 Å². The van der Waals surface area contributed by atoms with Gasteiger partial charge < -0.3 is 10.5 Å². The third-order valence-corrected chi connectivity index (χ3v) is 2.84. The topological polar surface area (TPSA) is 66.0 Å². The van der Waals surface area contributed by atoms with E-state index in [1.54, 1.807) is 24.1 Å². The van der Waals surface area contributed by atoms with Crippen LogP contribution in [0.5, 0.6) is 5.88 Å². The second-order valence-electron chi connectivity index (χ2n) is 3.20. The zero-order valence-corrected chi connectivity index (χ0v) is 9.86. The van der Waals surface area contributed by atoms with E-state index < -0.39 is 0 Å². The normalized spacial score (nSPS) is 10.4. The largest absolute Gasteiger partial charge is 0.480 e. The molecule has 0 aliphatic rings. The minimum atomic E-state index is 0.453. The molecule has 2 aromatic rings. The summed E-state index contributed by atoms with van der Waals surface area (Å²) in [5, 5.41) is 4.92. The van der Waals surface area contributed by atoms with E-state index in [0.29, 0.717) is 11.6 Å². The van der Waals surface area contributed by atoms with E-state index in [-0.39, 0.29) is 0 Å². The maximum absolute atomic E-state index is 5.68. The highest BCUT2D eigenvalue weighted by Crippen LogP contribution is 2.29. The van der Waals surface area contributed by atoms with Crippen molar-refractivity contribution in [1.29, 1.82) is 0 Å². The zero-order chi connectivity index (χ0) is 11.5. The lowest BCUT2D eigenvalue weighted by atomic mass is 10.4. The van der Waals surface area contributed by atoms with Gasteiger partial charge in [0.15, 0.2) is 0 Å². The molecule has 0 fully saturated rings. The van der Waals surface area contributed by atoms with Gasteiger partial charge in [0.25, 0.3) is 0 Å². The van der Waals surface area contributed by atoms with Crippen LogP contribution in [0.3, 0.4) is 0 Å². The molecule has 0 aromatic carbocycles. The molecule has 0 saturated heterocycles. The summed E-state index contributed by atoms with van der Waals surface area (Å²) >= 11 is 1.52. The summed E-state index contributed by atoms with van der Waals surface area (Å²) in [6, 6.07) is 3.64. The fourth-order valence-electron chi connectivity index (χ4n) is 1.23. The number of nitrogens with two attached hydrogens (primary N) is 1. The Kier molecular flexibility index (Phi) is 3.00. The number of pyridine rings is 1. The average Bonchev–Trinajstić information content (AvgIpc) is 2.67. The lowest BCUT2D eigenvalue weighted by molar-refractivity contribution is 0.397. The molecule has 0 amide bonds. The molecule has 2 N–H and O–H groups in total. The molecule has 0 saturated carbocycles. The van der Waals surface area contributed by atoms with Crippen molar-refractivity contribution in [2.45, 2.75) is 9.92 Å². The maximum Gasteiger partial charge on any atom is 0.237 e. The lowest BCUT2D eigenvalue weighted by Crippen LogP contribution is -1.95. The highest BCUT2D eigenvalue weighted by molar-refractivity contribution is 7.99. The third kappa shape index (κ3) is 2.27. The van der Waals surface area contributed by atoms with Crippen molar-refractivity contribution >= 4 is 17.4 Å². The molecule has 2 heterocycles. The van der Waals surface area contributed by atoms with Crippen LogP contribution in [0.2, 0.25) is 0 Å². The van der Waals surface area contributed by atoms with Gasteiger partial charge in [0.05, 0.1) is 23.9 Å². The van der Waals surface area contributed by atoms with E-state index in [2.05, 4.69) is 10.1 Å². The molecule has 2 rings (SSSR count). The van der Waals surface area contributed by atoms with Crippen molar-refractivity contribution in [2.24, 2.45) is 7.05 Å². The van der Waals surface area contributed by atoms with Crippen molar-refractivity contribution in [3.63, 3.8) is 0 Å². The average molecular weight is 236 g/mol. The molecule has 5 nitrogen and oxygen atoms in total. The smallest absolute Gasteiger partial charge is 0.237 e. The highest BCUT2D eigenvalue weighted by atomic mass is 32.2. The van der Waals surface area contributed by atoms with Crippen LogP contribution in [0.15, 0.2) is 34.4 Å². The molecule has 0 spiro atoms. The third-order valence-electron chi connectivity index (χ3n) is 1.96. The number of rotatable bonds is 3. The van der Waals surface area contributed by atoms with Gasteiger partial charge in [0.2, 0.25) is 5.88 Å². The Morgan fingerprint density at radius 3 is 2.88 bits per heavy atom. The molecular weight excluding hydrogens is 224 g/mol. The monoisotopic (exact) mass is 236 g/mol. The van der Waals surface area contributed by atoms with Crippen molar-refractivity contribution < 1.29 is 4.74 Å². The fraction of sp³-hybridized carbons (Fsp3) is 0.200. The summed E-state index contributed by atoms with van der Waals surface area (Å²) in [7, 11) is 3.43. The Morgan fingerprint density at radius 1 is 1.44 bits per heavy atom. The first-order chi connectivity index (χ1) is 7.69. The Hall–Kier alpha value is -1.69. The van der Waals surface area contributed by atoms with Gasteiger partial charge in [-0.15, -0.1) is 0 Å². The minimum Gasteiger partial charge on any atom is -0.480 e. The van der Waals surface area contributed by atoms with E-state index >= 15 is 0 Å². The van der Waals surface area contributed by atoms with Gasteiger partial charge in [0.1, 0.15) is 5.03 Å². The van der Waals surface area contributed by atoms with Crippen LogP contribution in [0.25, 0.3) is 0 Å². The van der Waals surface area contributed by atoms with E-state index in [1.807, 2.05) is 19.3 Å². The zero-order valence-electron chi connectivity index (χ0n) is 9.04. The standard InChI is InChI=1S/C10H12N4OS/c1-14-6-7(5-12-14)16-9-4-3-8(11)10(13-9)15-2/h3-6H,11H2,1-2H3.